The van der Waals surface area contributed by atoms with Gasteiger partial charge in [0.1, 0.15) is 17.1 Å². The summed E-state index contributed by atoms with van der Waals surface area (Å²) in [6.45, 7) is 2.79. The minimum absolute atomic E-state index is 0.0714. The lowest BCUT2D eigenvalue weighted by Crippen LogP contribution is -2.47. The molecule has 1 fully saturated rings. The average molecular weight is 395 g/mol. The smallest absolute Gasteiger partial charge is 0.291 e. The molecule has 2 heterocycles. The van der Waals surface area contributed by atoms with Crippen molar-refractivity contribution < 1.29 is 18.4 Å². The number of hydrogen-bond donors (Lipinski definition) is 1. The number of carbonyl (C=O) groups is 2. The van der Waals surface area contributed by atoms with Gasteiger partial charge in [0.2, 0.25) is 11.7 Å². The third-order valence-corrected chi connectivity index (χ3v) is 5.12. The fourth-order valence-electron chi connectivity index (χ4n) is 3.44. The predicted molar refractivity (Wildman–Crippen MR) is 108 cm³/mol. The highest BCUT2D eigenvalue weighted by molar-refractivity contribution is 6.11. The molecule has 0 aliphatic carbocycles. The Morgan fingerprint density at radius 3 is 2.45 bits per heavy atom. The number of para-hydroxylation sites is 1. The number of nitrogens with zero attached hydrogens (tertiary/aromatic N) is 2. The molecule has 3 aromatic rings. The summed E-state index contributed by atoms with van der Waals surface area (Å²) in [5.74, 6) is -0.736. The van der Waals surface area contributed by atoms with E-state index < -0.39 is 0 Å². The lowest BCUT2D eigenvalue weighted by atomic mass is 10.1. The molecule has 4 rings (SSSR count). The summed E-state index contributed by atoms with van der Waals surface area (Å²) >= 11 is 0. The summed E-state index contributed by atoms with van der Waals surface area (Å²) in [4.78, 5) is 29.6. The van der Waals surface area contributed by atoms with Gasteiger partial charge in [0.25, 0.3) is 5.91 Å². The van der Waals surface area contributed by atoms with Gasteiger partial charge in [-0.3, -0.25) is 9.59 Å². The van der Waals surface area contributed by atoms with Gasteiger partial charge >= 0.3 is 0 Å². The molecule has 0 spiro atoms. The highest BCUT2D eigenvalue weighted by atomic mass is 19.1. The molecule has 0 unspecified atom stereocenters. The van der Waals surface area contributed by atoms with Crippen molar-refractivity contribution in [3.63, 3.8) is 0 Å². The van der Waals surface area contributed by atoms with Crippen LogP contribution < -0.4 is 5.32 Å². The molecule has 1 aliphatic heterocycles. The van der Waals surface area contributed by atoms with E-state index in [1.807, 2.05) is 25.2 Å². The van der Waals surface area contributed by atoms with Crippen molar-refractivity contribution >= 4 is 28.5 Å². The first-order valence-corrected chi connectivity index (χ1v) is 9.55. The fourth-order valence-corrected chi connectivity index (χ4v) is 3.44. The van der Waals surface area contributed by atoms with Crippen molar-refractivity contribution in [1.29, 1.82) is 0 Å². The van der Waals surface area contributed by atoms with Gasteiger partial charge in [0.15, 0.2) is 0 Å². The summed E-state index contributed by atoms with van der Waals surface area (Å²) < 4.78 is 18.9. The third kappa shape index (κ3) is 4.14. The van der Waals surface area contributed by atoms with Gasteiger partial charge in [-0.05, 0) is 36.9 Å². The molecule has 29 heavy (non-hydrogen) atoms. The Labute approximate surface area is 167 Å². The zero-order valence-electron chi connectivity index (χ0n) is 16.2. The molecular weight excluding hydrogens is 373 g/mol. The summed E-state index contributed by atoms with van der Waals surface area (Å²) in [5, 5.41) is 3.52. The lowest BCUT2D eigenvalue weighted by Gasteiger charge is -2.32. The van der Waals surface area contributed by atoms with Gasteiger partial charge < -0.3 is 19.5 Å². The molecule has 1 aromatic heterocycles. The van der Waals surface area contributed by atoms with Crippen LogP contribution in [0, 0.1) is 5.82 Å². The highest BCUT2D eigenvalue weighted by Crippen LogP contribution is 2.32. The number of furan rings is 1. The third-order valence-electron chi connectivity index (χ3n) is 5.12. The summed E-state index contributed by atoms with van der Waals surface area (Å²) in [6, 6.07) is 13.0. The van der Waals surface area contributed by atoms with Gasteiger partial charge in [0.05, 0.1) is 6.42 Å². The van der Waals surface area contributed by atoms with E-state index in [1.54, 1.807) is 23.1 Å². The van der Waals surface area contributed by atoms with E-state index in [0.29, 0.717) is 35.3 Å². The monoisotopic (exact) mass is 395 g/mol. The van der Waals surface area contributed by atoms with Crippen molar-refractivity contribution in [2.45, 2.75) is 6.42 Å². The number of fused-ring (bicyclic) bond motifs is 1. The normalized spacial score (nSPS) is 14.9. The van der Waals surface area contributed by atoms with Crippen molar-refractivity contribution in [3.05, 3.63) is 65.7 Å². The van der Waals surface area contributed by atoms with Crippen molar-refractivity contribution in [1.82, 2.24) is 9.80 Å². The number of carbonyl (C=O) groups excluding carboxylic acids is 2. The number of hydrogen-bond acceptors (Lipinski definition) is 4. The molecule has 6 nitrogen and oxygen atoms in total. The fraction of sp³-hybridized carbons (Fsp3) is 0.273. The number of piperazine rings is 1. The molecule has 0 bridgehead atoms. The molecule has 0 radical (unpaired) electrons. The van der Waals surface area contributed by atoms with E-state index in [0.717, 1.165) is 13.1 Å². The largest absolute Gasteiger partial charge is 0.449 e. The molecule has 2 aromatic carbocycles. The van der Waals surface area contributed by atoms with Crippen LogP contribution in [-0.4, -0.2) is 54.8 Å². The number of nitrogens with one attached hydrogen (secondary N) is 1. The second-order valence-corrected chi connectivity index (χ2v) is 7.25. The Hall–Kier alpha value is -3.19. The highest BCUT2D eigenvalue weighted by Gasteiger charge is 2.28. The molecule has 0 saturated carbocycles. The van der Waals surface area contributed by atoms with Gasteiger partial charge in [0, 0.05) is 31.6 Å². The summed E-state index contributed by atoms with van der Waals surface area (Å²) in [5.41, 5.74) is 1.61. The lowest BCUT2D eigenvalue weighted by molar-refractivity contribution is -0.115. The average Bonchev–Trinajstić information content (AvgIpc) is 3.08. The first kappa shape index (κ1) is 19.1. The van der Waals surface area contributed by atoms with E-state index in [2.05, 4.69) is 10.2 Å². The predicted octanol–water partition coefficient (Wildman–Crippen LogP) is 3.14. The topological polar surface area (TPSA) is 65.8 Å². The van der Waals surface area contributed by atoms with Gasteiger partial charge in [-0.2, -0.15) is 0 Å². The molecule has 1 aliphatic rings. The standard InChI is InChI=1S/C22H22FN3O3/c1-25-10-12-26(13-11-25)22(28)21-20(17-4-2-3-5-18(17)29-21)24-19(27)14-15-6-8-16(23)9-7-15/h2-9H,10-14H2,1H3,(H,24,27). The maximum absolute atomic E-state index is 13.1. The number of halogens is 1. The van der Waals surface area contributed by atoms with E-state index in [4.69, 9.17) is 4.42 Å². The molecule has 1 saturated heterocycles. The van der Waals surface area contributed by atoms with Crippen LogP contribution in [0.4, 0.5) is 10.1 Å². The molecule has 2 amide bonds. The first-order valence-electron chi connectivity index (χ1n) is 9.55. The molecule has 150 valence electrons. The van der Waals surface area contributed by atoms with Crippen LogP contribution in [0.25, 0.3) is 11.0 Å². The van der Waals surface area contributed by atoms with Crippen LogP contribution in [0.3, 0.4) is 0 Å². The Bertz CT molecular complexity index is 1040. The maximum atomic E-state index is 13.1. The van der Waals surface area contributed by atoms with Crippen LogP contribution in [0.15, 0.2) is 52.9 Å². The Morgan fingerprint density at radius 2 is 1.72 bits per heavy atom. The molecule has 7 heteroatoms. The molecule has 0 atom stereocenters. The van der Waals surface area contributed by atoms with Crippen molar-refractivity contribution in [3.8, 4) is 0 Å². The Balaban J connectivity index is 1.60. The Morgan fingerprint density at radius 1 is 1.03 bits per heavy atom. The minimum atomic E-state index is -0.352. The van der Waals surface area contributed by atoms with Gasteiger partial charge in [-0.25, -0.2) is 4.39 Å². The van der Waals surface area contributed by atoms with Crippen LogP contribution >= 0.6 is 0 Å². The van der Waals surface area contributed by atoms with Gasteiger partial charge in [-0.15, -0.1) is 0 Å². The zero-order chi connectivity index (χ0) is 20.4. The van der Waals surface area contributed by atoms with E-state index >= 15 is 0 Å². The van der Waals surface area contributed by atoms with Crippen LogP contribution in [0.5, 0.6) is 0 Å². The second-order valence-electron chi connectivity index (χ2n) is 7.25. The van der Waals surface area contributed by atoms with Crippen molar-refractivity contribution in [2.24, 2.45) is 0 Å². The first-order chi connectivity index (χ1) is 14.0. The summed E-state index contributed by atoms with van der Waals surface area (Å²) in [7, 11) is 2.02. The number of likely N-dealkylation sites (N-methyl/N-ethyl adjacent to an activating group) is 1. The van der Waals surface area contributed by atoms with E-state index in [-0.39, 0.29) is 29.8 Å². The number of rotatable bonds is 4. The quantitative estimate of drug-likeness (QED) is 0.737. The number of anilines is 1. The minimum Gasteiger partial charge on any atom is -0.449 e. The summed E-state index contributed by atoms with van der Waals surface area (Å²) in [6.07, 6.45) is 0.0714. The number of benzene rings is 2. The molecule has 1 N–H and O–H groups in total. The Kier molecular flexibility index (Phi) is 5.31. The van der Waals surface area contributed by atoms with Crippen LogP contribution in [-0.2, 0) is 11.2 Å². The van der Waals surface area contributed by atoms with Crippen LogP contribution in [0.2, 0.25) is 0 Å². The van der Waals surface area contributed by atoms with Crippen molar-refractivity contribution in [2.75, 3.05) is 38.5 Å². The molecular formula is C22H22FN3O3. The number of amides is 2. The SMILES string of the molecule is CN1CCN(C(=O)c2oc3ccccc3c2NC(=O)Cc2ccc(F)cc2)CC1. The van der Waals surface area contributed by atoms with E-state index in [9.17, 15) is 14.0 Å². The van der Waals surface area contributed by atoms with Gasteiger partial charge in [-0.1, -0.05) is 24.3 Å². The zero-order valence-corrected chi connectivity index (χ0v) is 16.2. The van der Waals surface area contributed by atoms with Crippen LogP contribution in [0.1, 0.15) is 16.1 Å². The maximum Gasteiger partial charge on any atom is 0.291 e. The van der Waals surface area contributed by atoms with E-state index in [1.165, 1.54) is 12.1 Å². The second kappa shape index (κ2) is 8.05.